The van der Waals surface area contributed by atoms with E-state index in [0.717, 1.165) is 28.2 Å². The monoisotopic (exact) mass is 290 g/mol. The number of halogens is 1. The van der Waals surface area contributed by atoms with Crippen molar-refractivity contribution in [2.45, 2.75) is 19.2 Å². The molecule has 0 heterocycles. The average Bonchev–Trinajstić information content (AvgIpc) is 2.48. The third-order valence-corrected chi connectivity index (χ3v) is 3.71. The molecule has 1 unspecified atom stereocenters. The molecule has 0 spiro atoms. The SMILES string of the molecule is CCOc1ccc(C(Cl)c2ccc(C)c(OC)c2)cc1. The number of ether oxygens (including phenoxy) is 2. The summed E-state index contributed by atoms with van der Waals surface area (Å²) in [5, 5.41) is -0.194. The number of rotatable bonds is 5. The standard InChI is InChI=1S/C17H19ClO2/c1-4-20-15-9-7-13(8-10-15)17(18)14-6-5-12(2)16(11-14)19-3/h5-11,17H,4H2,1-3H3. The number of hydrogen-bond acceptors (Lipinski definition) is 2. The first-order valence-electron chi connectivity index (χ1n) is 6.67. The lowest BCUT2D eigenvalue weighted by Crippen LogP contribution is -1.96. The first kappa shape index (κ1) is 14.7. The van der Waals surface area contributed by atoms with E-state index >= 15 is 0 Å². The highest BCUT2D eigenvalue weighted by Crippen LogP contribution is 2.32. The van der Waals surface area contributed by atoms with Crippen molar-refractivity contribution in [1.82, 2.24) is 0 Å². The maximum atomic E-state index is 6.55. The van der Waals surface area contributed by atoms with Gasteiger partial charge in [-0.05, 0) is 48.7 Å². The average molecular weight is 291 g/mol. The number of benzene rings is 2. The molecule has 2 aromatic carbocycles. The molecule has 0 saturated heterocycles. The van der Waals surface area contributed by atoms with Gasteiger partial charge in [0, 0.05) is 0 Å². The lowest BCUT2D eigenvalue weighted by atomic mass is 10.0. The van der Waals surface area contributed by atoms with Crippen LogP contribution in [0.25, 0.3) is 0 Å². The van der Waals surface area contributed by atoms with E-state index in [4.69, 9.17) is 21.1 Å². The maximum Gasteiger partial charge on any atom is 0.122 e. The third kappa shape index (κ3) is 3.26. The highest BCUT2D eigenvalue weighted by Gasteiger charge is 2.12. The topological polar surface area (TPSA) is 18.5 Å². The molecule has 106 valence electrons. The molecule has 0 amide bonds. The van der Waals surface area contributed by atoms with Crippen LogP contribution in [0.4, 0.5) is 0 Å². The van der Waals surface area contributed by atoms with Gasteiger partial charge in [0.05, 0.1) is 19.1 Å². The van der Waals surface area contributed by atoms with Gasteiger partial charge in [-0.25, -0.2) is 0 Å². The molecule has 0 bridgehead atoms. The molecule has 0 aromatic heterocycles. The van der Waals surface area contributed by atoms with Gasteiger partial charge in [0.25, 0.3) is 0 Å². The first-order valence-corrected chi connectivity index (χ1v) is 7.10. The highest BCUT2D eigenvalue weighted by molar-refractivity contribution is 6.22. The molecule has 0 fully saturated rings. The van der Waals surface area contributed by atoms with Gasteiger partial charge in [-0.15, -0.1) is 11.6 Å². The second-order valence-corrected chi connectivity index (χ2v) is 5.03. The molecule has 2 rings (SSSR count). The van der Waals surface area contributed by atoms with Crippen molar-refractivity contribution in [3.05, 3.63) is 59.2 Å². The summed E-state index contributed by atoms with van der Waals surface area (Å²) < 4.78 is 10.8. The fourth-order valence-electron chi connectivity index (χ4n) is 2.09. The quantitative estimate of drug-likeness (QED) is 0.741. The fourth-order valence-corrected chi connectivity index (χ4v) is 2.37. The van der Waals surface area contributed by atoms with E-state index in [0.29, 0.717) is 6.61 Å². The Balaban J connectivity index is 2.24. The molecule has 0 N–H and O–H groups in total. The Labute approximate surface area is 125 Å². The van der Waals surface area contributed by atoms with E-state index in [9.17, 15) is 0 Å². The summed E-state index contributed by atoms with van der Waals surface area (Å²) in [5.41, 5.74) is 3.17. The molecule has 0 radical (unpaired) electrons. The molecule has 20 heavy (non-hydrogen) atoms. The van der Waals surface area contributed by atoms with Crippen LogP contribution in [0.3, 0.4) is 0 Å². The predicted octanol–water partition coefficient (Wildman–Crippen LogP) is 4.73. The largest absolute Gasteiger partial charge is 0.496 e. The zero-order valence-corrected chi connectivity index (χ0v) is 12.8. The molecule has 0 aliphatic rings. The Morgan fingerprint density at radius 1 is 1.05 bits per heavy atom. The molecule has 2 nitrogen and oxygen atoms in total. The Bertz CT molecular complexity index is 564. The normalized spacial score (nSPS) is 12.0. The predicted molar refractivity (Wildman–Crippen MR) is 83.0 cm³/mol. The van der Waals surface area contributed by atoms with Crippen molar-refractivity contribution in [3.63, 3.8) is 0 Å². The fraction of sp³-hybridized carbons (Fsp3) is 0.294. The van der Waals surface area contributed by atoms with Crippen LogP contribution >= 0.6 is 11.6 Å². The third-order valence-electron chi connectivity index (χ3n) is 3.21. The summed E-state index contributed by atoms with van der Waals surface area (Å²) in [4.78, 5) is 0. The van der Waals surface area contributed by atoms with Gasteiger partial charge in [-0.1, -0.05) is 24.3 Å². The summed E-state index contributed by atoms with van der Waals surface area (Å²) in [6, 6.07) is 13.9. The van der Waals surface area contributed by atoms with Crippen LogP contribution in [0.5, 0.6) is 11.5 Å². The van der Waals surface area contributed by atoms with Crippen molar-refractivity contribution in [2.24, 2.45) is 0 Å². The summed E-state index contributed by atoms with van der Waals surface area (Å²) in [7, 11) is 1.67. The number of methoxy groups -OCH3 is 1. The van der Waals surface area contributed by atoms with Gasteiger partial charge in [0.15, 0.2) is 0 Å². The van der Waals surface area contributed by atoms with Crippen LogP contribution in [0.15, 0.2) is 42.5 Å². The number of aryl methyl sites for hydroxylation is 1. The lowest BCUT2D eigenvalue weighted by Gasteiger charge is -2.13. The molecule has 0 saturated carbocycles. The van der Waals surface area contributed by atoms with E-state index in [-0.39, 0.29) is 5.38 Å². The Morgan fingerprint density at radius 2 is 1.70 bits per heavy atom. The molecule has 1 atom stereocenters. The van der Waals surface area contributed by atoms with Crippen LogP contribution < -0.4 is 9.47 Å². The van der Waals surface area contributed by atoms with Gasteiger partial charge in [-0.3, -0.25) is 0 Å². The lowest BCUT2D eigenvalue weighted by molar-refractivity contribution is 0.340. The number of alkyl halides is 1. The second-order valence-electron chi connectivity index (χ2n) is 4.59. The maximum absolute atomic E-state index is 6.55. The van der Waals surface area contributed by atoms with Crippen LogP contribution in [-0.2, 0) is 0 Å². The van der Waals surface area contributed by atoms with Crippen LogP contribution in [0, 0.1) is 6.92 Å². The highest BCUT2D eigenvalue weighted by atomic mass is 35.5. The van der Waals surface area contributed by atoms with Gasteiger partial charge >= 0.3 is 0 Å². The molecule has 2 aromatic rings. The Kier molecular flexibility index (Phi) is 4.91. The van der Waals surface area contributed by atoms with E-state index in [2.05, 4.69) is 0 Å². The van der Waals surface area contributed by atoms with E-state index < -0.39 is 0 Å². The Hall–Kier alpha value is -1.67. The van der Waals surface area contributed by atoms with E-state index in [1.807, 2.05) is 56.3 Å². The van der Waals surface area contributed by atoms with Crippen molar-refractivity contribution >= 4 is 11.6 Å². The first-order chi connectivity index (χ1) is 9.65. The van der Waals surface area contributed by atoms with Gasteiger partial charge in [-0.2, -0.15) is 0 Å². The zero-order chi connectivity index (χ0) is 14.5. The van der Waals surface area contributed by atoms with Crippen molar-refractivity contribution in [2.75, 3.05) is 13.7 Å². The zero-order valence-electron chi connectivity index (χ0n) is 12.0. The minimum absolute atomic E-state index is 0.194. The van der Waals surface area contributed by atoms with Crippen LogP contribution in [0.2, 0.25) is 0 Å². The summed E-state index contributed by atoms with van der Waals surface area (Å²) in [5.74, 6) is 1.72. The second kappa shape index (κ2) is 6.67. The van der Waals surface area contributed by atoms with Gasteiger partial charge in [0.1, 0.15) is 11.5 Å². The van der Waals surface area contributed by atoms with E-state index in [1.54, 1.807) is 7.11 Å². The van der Waals surface area contributed by atoms with Crippen LogP contribution in [0.1, 0.15) is 29.0 Å². The van der Waals surface area contributed by atoms with Gasteiger partial charge in [0.2, 0.25) is 0 Å². The molecular formula is C17H19ClO2. The summed E-state index contributed by atoms with van der Waals surface area (Å²) in [6.07, 6.45) is 0. The summed E-state index contributed by atoms with van der Waals surface area (Å²) in [6.45, 7) is 4.65. The van der Waals surface area contributed by atoms with Gasteiger partial charge < -0.3 is 9.47 Å². The molecular weight excluding hydrogens is 272 g/mol. The minimum atomic E-state index is -0.194. The molecule has 0 aliphatic heterocycles. The number of hydrogen-bond donors (Lipinski definition) is 0. The molecule has 3 heteroatoms. The van der Waals surface area contributed by atoms with Crippen molar-refractivity contribution in [3.8, 4) is 11.5 Å². The summed E-state index contributed by atoms with van der Waals surface area (Å²) >= 11 is 6.55. The van der Waals surface area contributed by atoms with Crippen LogP contribution in [-0.4, -0.2) is 13.7 Å². The van der Waals surface area contributed by atoms with Crippen molar-refractivity contribution in [1.29, 1.82) is 0 Å². The van der Waals surface area contributed by atoms with Crippen molar-refractivity contribution < 1.29 is 9.47 Å². The molecule has 0 aliphatic carbocycles. The Morgan fingerprint density at radius 3 is 2.30 bits per heavy atom. The smallest absolute Gasteiger partial charge is 0.122 e. The minimum Gasteiger partial charge on any atom is -0.496 e. The van der Waals surface area contributed by atoms with E-state index in [1.165, 1.54) is 0 Å².